The summed E-state index contributed by atoms with van der Waals surface area (Å²) in [6.45, 7) is 0.511. The van der Waals surface area contributed by atoms with E-state index >= 15 is 0 Å². The Morgan fingerprint density at radius 1 is 1.12 bits per heavy atom. The number of aromatic amines is 1. The van der Waals surface area contributed by atoms with Crippen molar-refractivity contribution in [3.63, 3.8) is 0 Å². The number of aromatic nitrogens is 1. The van der Waals surface area contributed by atoms with Crippen molar-refractivity contribution in [2.45, 2.75) is 6.61 Å². The number of esters is 1. The van der Waals surface area contributed by atoms with Gasteiger partial charge >= 0.3 is 5.97 Å². The lowest BCUT2D eigenvalue weighted by molar-refractivity contribution is 0.0595. The van der Waals surface area contributed by atoms with Gasteiger partial charge < -0.3 is 14.5 Å². The zero-order valence-electron chi connectivity index (χ0n) is 12.9. The molecule has 3 aromatic rings. The Morgan fingerprint density at radius 3 is 2.50 bits per heavy atom. The number of ether oxygens (including phenoxy) is 2. The molecule has 6 heteroatoms. The fraction of sp³-hybridized carbons (Fsp3) is 0.111. The van der Waals surface area contributed by atoms with E-state index in [2.05, 4.69) is 4.98 Å². The van der Waals surface area contributed by atoms with Gasteiger partial charge in [0.05, 0.1) is 12.0 Å². The van der Waals surface area contributed by atoms with Crippen LogP contribution in [-0.2, 0) is 11.3 Å². The van der Waals surface area contributed by atoms with E-state index in [1.807, 2.05) is 54.6 Å². The summed E-state index contributed by atoms with van der Waals surface area (Å²) in [6.07, 6.45) is 0. The molecule has 0 aliphatic rings. The summed E-state index contributed by atoms with van der Waals surface area (Å²) in [7, 11) is 1.35. The number of hydrogen-bond donors (Lipinski definition) is 1. The fourth-order valence-electron chi connectivity index (χ4n) is 2.22. The van der Waals surface area contributed by atoms with Crippen LogP contribution in [0.15, 0.2) is 54.6 Å². The van der Waals surface area contributed by atoms with Crippen LogP contribution in [0, 0.1) is 3.95 Å². The van der Waals surface area contributed by atoms with E-state index in [9.17, 15) is 4.79 Å². The van der Waals surface area contributed by atoms with Crippen molar-refractivity contribution in [1.29, 1.82) is 0 Å². The van der Waals surface area contributed by atoms with Gasteiger partial charge in [-0.1, -0.05) is 30.3 Å². The number of H-pyrrole nitrogens is 1. The van der Waals surface area contributed by atoms with Crippen molar-refractivity contribution in [2.75, 3.05) is 7.11 Å². The van der Waals surface area contributed by atoms with Gasteiger partial charge in [-0.25, -0.2) is 4.79 Å². The van der Waals surface area contributed by atoms with Gasteiger partial charge in [-0.2, -0.15) is 0 Å². The Labute approximate surface area is 148 Å². The number of benzene rings is 2. The molecule has 0 saturated carbocycles. The molecule has 0 saturated heterocycles. The third-order valence-electron chi connectivity index (χ3n) is 3.40. The van der Waals surface area contributed by atoms with Gasteiger partial charge in [0.1, 0.15) is 18.1 Å². The first kappa shape index (κ1) is 16.4. The molecule has 2 aromatic carbocycles. The van der Waals surface area contributed by atoms with Gasteiger partial charge in [0, 0.05) is 0 Å². The van der Waals surface area contributed by atoms with Gasteiger partial charge in [0.25, 0.3) is 0 Å². The number of rotatable bonds is 5. The van der Waals surface area contributed by atoms with E-state index in [1.54, 1.807) is 0 Å². The van der Waals surface area contributed by atoms with Crippen LogP contribution < -0.4 is 4.74 Å². The van der Waals surface area contributed by atoms with Crippen molar-refractivity contribution < 1.29 is 14.3 Å². The summed E-state index contributed by atoms with van der Waals surface area (Å²) in [6, 6.07) is 17.5. The average molecular weight is 357 g/mol. The van der Waals surface area contributed by atoms with E-state index in [4.69, 9.17) is 21.7 Å². The van der Waals surface area contributed by atoms with Crippen LogP contribution in [-0.4, -0.2) is 18.1 Å². The third-order valence-corrected chi connectivity index (χ3v) is 4.69. The number of nitrogens with one attached hydrogen (secondary N) is 1. The molecule has 0 aliphatic heterocycles. The van der Waals surface area contributed by atoms with Gasteiger partial charge in [-0.05, 0) is 47.6 Å². The maximum Gasteiger partial charge on any atom is 0.356 e. The van der Waals surface area contributed by atoms with Crippen LogP contribution >= 0.6 is 23.6 Å². The van der Waals surface area contributed by atoms with Crippen LogP contribution in [0.3, 0.4) is 0 Å². The smallest absolute Gasteiger partial charge is 0.356 e. The lowest BCUT2D eigenvalue weighted by Crippen LogP contribution is -2.03. The highest BCUT2D eigenvalue weighted by Gasteiger charge is 2.16. The van der Waals surface area contributed by atoms with Gasteiger partial charge in [-0.15, -0.1) is 11.3 Å². The molecule has 0 bridgehead atoms. The molecule has 3 rings (SSSR count). The monoisotopic (exact) mass is 357 g/mol. The highest BCUT2D eigenvalue weighted by molar-refractivity contribution is 7.73. The van der Waals surface area contributed by atoms with Crippen molar-refractivity contribution in [3.05, 3.63) is 69.8 Å². The Kier molecular flexibility index (Phi) is 5.08. The molecule has 0 amide bonds. The van der Waals surface area contributed by atoms with E-state index < -0.39 is 5.97 Å². The lowest BCUT2D eigenvalue weighted by Gasteiger charge is -2.07. The number of carbonyl (C=O) groups excluding carboxylic acids is 1. The van der Waals surface area contributed by atoms with Crippen LogP contribution in [0.2, 0.25) is 0 Å². The molecular weight excluding hydrogens is 342 g/mol. The number of thiazole rings is 1. The maximum absolute atomic E-state index is 11.8. The minimum Gasteiger partial charge on any atom is -0.489 e. The maximum atomic E-state index is 11.8. The molecule has 0 atom stereocenters. The van der Waals surface area contributed by atoms with Crippen molar-refractivity contribution in [3.8, 4) is 16.2 Å². The second-order valence-electron chi connectivity index (χ2n) is 5.01. The van der Waals surface area contributed by atoms with Crippen LogP contribution in [0.1, 0.15) is 16.1 Å². The Morgan fingerprint density at radius 2 is 1.83 bits per heavy atom. The highest BCUT2D eigenvalue weighted by atomic mass is 32.1. The lowest BCUT2D eigenvalue weighted by atomic mass is 10.1. The van der Waals surface area contributed by atoms with Crippen LogP contribution in [0.4, 0.5) is 0 Å². The zero-order chi connectivity index (χ0) is 16.9. The molecule has 4 nitrogen and oxygen atoms in total. The van der Waals surface area contributed by atoms with Crippen molar-refractivity contribution in [2.24, 2.45) is 0 Å². The summed E-state index contributed by atoms with van der Waals surface area (Å²) < 4.78 is 11.1. The first-order valence-electron chi connectivity index (χ1n) is 7.26. The highest BCUT2D eigenvalue weighted by Crippen LogP contribution is 2.30. The number of hydrogen-bond acceptors (Lipinski definition) is 5. The fourth-order valence-corrected chi connectivity index (χ4v) is 3.40. The summed E-state index contributed by atoms with van der Waals surface area (Å²) in [5.41, 5.74) is 2.38. The largest absolute Gasteiger partial charge is 0.489 e. The first-order chi connectivity index (χ1) is 11.7. The zero-order valence-corrected chi connectivity index (χ0v) is 14.6. The topological polar surface area (TPSA) is 51.3 Å². The molecule has 0 fully saturated rings. The van der Waals surface area contributed by atoms with Gasteiger partial charge in [0.2, 0.25) is 0 Å². The molecule has 24 heavy (non-hydrogen) atoms. The Hall–Kier alpha value is -2.44. The molecule has 0 radical (unpaired) electrons. The molecule has 1 aromatic heterocycles. The average Bonchev–Trinajstić information content (AvgIpc) is 3.02. The molecule has 122 valence electrons. The minimum atomic E-state index is -0.429. The Bertz CT molecular complexity index is 883. The van der Waals surface area contributed by atoms with Gasteiger partial charge in [0.15, 0.2) is 3.95 Å². The number of carbonyl (C=O) groups is 1. The normalized spacial score (nSPS) is 10.4. The minimum absolute atomic E-state index is 0.380. The van der Waals surface area contributed by atoms with Crippen LogP contribution in [0.5, 0.6) is 5.75 Å². The van der Waals surface area contributed by atoms with E-state index in [0.29, 0.717) is 16.3 Å². The Balaban J connectivity index is 1.78. The standard InChI is InChI=1S/C18H15NO3S2/c1-21-17(20)15-16(24-18(23)19-15)13-7-9-14(10-8-13)22-11-12-5-3-2-4-6-12/h2-10H,11H2,1H3,(H,19,23). The quantitative estimate of drug-likeness (QED) is 0.524. The van der Waals surface area contributed by atoms with Gasteiger partial charge in [-0.3, -0.25) is 0 Å². The van der Waals surface area contributed by atoms with Crippen LogP contribution in [0.25, 0.3) is 10.4 Å². The molecule has 1 N–H and O–H groups in total. The van der Waals surface area contributed by atoms with Crippen molar-refractivity contribution >= 4 is 29.5 Å². The third kappa shape index (κ3) is 3.72. The van der Waals surface area contributed by atoms with Crippen molar-refractivity contribution in [1.82, 2.24) is 4.98 Å². The molecule has 0 unspecified atom stereocenters. The summed E-state index contributed by atoms with van der Waals surface area (Å²) in [4.78, 5) is 15.5. The SMILES string of the molecule is COC(=O)c1[nH]c(=S)sc1-c1ccc(OCc2ccccc2)cc1. The number of methoxy groups -OCH3 is 1. The summed E-state index contributed by atoms with van der Waals surface area (Å²) in [5.74, 6) is 0.336. The second-order valence-corrected chi connectivity index (χ2v) is 6.70. The predicted molar refractivity (Wildman–Crippen MR) is 97.1 cm³/mol. The summed E-state index contributed by atoms with van der Waals surface area (Å²) >= 11 is 6.48. The molecule has 0 aliphatic carbocycles. The molecule has 0 spiro atoms. The molecule has 1 heterocycles. The second kappa shape index (κ2) is 7.42. The van der Waals surface area contributed by atoms with E-state index in [-0.39, 0.29) is 0 Å². The van der Waals surface area contributed by atoms with E-state index in [0.717, 1.165) is 21.8 Å². The molecular formula is C18H15NO3S2. The first-order valence-corrected chi connectivity index (χ1v) is 8.48. The summed E-state index contributed by atoms with van der Waals surface area (Å²) in [5, 5.41) is 0. The predicted octanol–water partition coefficient (Wildman–Crippen LogP) is 4.84. The van der Waals surface area contributed by atoms with E-state index in [1.165, 1.54) is 18.4 Å².